The van der Waals surface area contributed by atoms with Crippen LogP contribution in [0.15, 0.2) is 18.9 Å². The van der Waals surface area contributed by atoms with Crippen LogP contribution < -0.4 is 5.32 Å². The lowest BCUT2D eigenvalue weighted by Gasteiger charge is -2.14. The highest BCUT2D eigenvalue weighted by Gasteiger charge is 2.22. The lowest BCUT2D eigenvalue weighted by atomic mass is 9.92. The van der Waals surface area contributed by atoms with Gasteiger partial charge < -0.3 is 5.32 Å². The van der Waals surface area contributed by atoms with E-state index in [4.69, 9.17) is 0 Å². The van der Waals surface area contributed by atoms with Crippen LogP contribution >= 0.6 is 11.3 Å². The minimum atomic E-state index is -1.44. The number of alkyl halides is 1. The van der Waals surface area contributed by atoms with Gasteiger partial charge in [0.1, 0.15) is 12.0 Å². The van der Waals surface area contributed by atoms with Gasteiger partial charge in [0.2, 0.25) is 0 Å². The Labute approximate surface area is 154 Å². The number of nitrogens with zero attached hydrogens (tertiary/aromatic N) is 2. The molecule has 0 aliphatic rings. The Morgan fingerprint density at radius 1 is 1.42 bits per heavy atom. The molecule has 0 fully saturated rings. The van der Waals surface area contributed by atoms with E-state index in [1.165, 1.54) is 6.92 Å². The third kappa shape index (κ3) is 3.03. The van der Waals surface area contributed by atoms with Crippen LogP contribution in [0.4, 0.5) is 13.9 Å². The summed E-state index contributed by atoms with van der Waals surface area (Å²) in [6.07, 6.45) is 3.79. The second-order valence-electron chi connectivity index (χ2n) is 6.07. The highest BCUT2D eigenvalue weighted by molar-refractivity contribution is 7.15. The molecule has 0 radical (unpaired) electrons. The number of aromatic nitrogens is 3. The molecule has 1 unspecified atom stereocenters. The molecule has 2 aromatic heterocycles. The average molecular weight is 374 g/mol. The summed E-state index contributed by atoms with van der Waals surface area (Å²) in [5, 5.41) is 11.2. The van der Waals surface area contributed by atoms with Crippen LogP contribution in [0.3, 0.4) is 0 Å². The molecule has 0 amide bonds. The standard InChI is InChI=1S/C19H20F2N4S/c1-9(6-7-14-12(4)26-19(22-5)24-14)15-10(2)17(21)16(11(3)20)18-13(15)8-23-25-18/h6-8,11H,1H2,2-5H3,(H,22,24)(H,23,25)/b7-6-. The lowest BCUT2D eigenvalue weighted by Crippen LogP contribution is -2.01. The van der Waals surface area contributed by atoms with Gasteiger partial charge in [-0.1, -0.05) is 12.7 Å². The van der Waals surface area contributed by atoms with Gasteiger partial charge in [-0.3, -0.25) is 5.10 Å². The maximum absolute atomic E-state index is 14.8. The molecule has 0 spiro atoms. The molecular weight excluding hydrogens is 354 g/mol. The molecule has 0 bridgehead atoms. The number of H-pyrrole nitrogens is 1. The molecule has 0 saturated heterocycles. The summed E-state index contributed by atoms with van der Waals surface area (Å²) in [5.41, 5.74) is 2.80. The number of aryl methyl sites for hydroxylation is 1. The lowest BCUT2D eigenvalue weighted by molar-refractivity contribution is 0.363. The highest BCUT2D eigenvalue weighted by atomic mass is 32.1. The molecule has 7 heteroatoms. The first-order chi connectivity index (χ1) is 12.3. The van der Waals surface area contributed by atoms with Crippen molar-refractivity contribution in [3.63, 3.8) is 0 Å². The maximum atomic E-state index is 14.8. The van der Waals surface area contributed by atoms with Crippen molar-refractivity contribution in [2.24, 2.45) is 0 Å². The van der Waals surface area contributed by atoms with Crippen molar-refractivity contribution in [2.45, 2.75) is 26.9 Å². The fourth-order valence-corrected chi connectivity index (χ4v) is 3.78. The maximum Gasteiger partial charge on any atom is 0.183 e. The van der Waals surface area contributed by atoms with Crippen LogP contribution in [0.2, 0.25) is 0 Å². The highest BCUT2D eigenvalue weighted by Crippen LogP contribution is 2.36. The molecule has 1 atom stereocenters. The van der Waals surface area contributed by atoms with E-state index in [2.05, 4.69) is 27.1 Å². The van der Waals surface area contributed by atoms with Gasteiger partial charge >= 0.3 is 0 Å². The first kappa shape index (κ1) is 18.3. The molecule has 3 aromatic rings. The Morgan fingerprint density at radius 2 is 2.15 bits per heavy atom. The van der Waals surface area contributed by atoms with E-state index < -0.39 is 12.0 Å². The fourth-order valence-electron chi connectivity index (χ4n) is 3.02. The Balaban J connectivity index is 2.07. The van der Waals surface area contributed by atoms with Gasteiger partial charge in [0.05, 0.1) is 17.4 Å². The topological polar surface area (TPSA) is 53.6 Å². The molecule has 2 N–H and O–H groups in total. The molecular formula is C19H20F2N4S. The molecule has 0 aliphatic carbocycles. The zero-order valence-corrected chi connectivity index (χ0v) is 15.9. The van der Waals surface area contributed by atoms with Gasteiger partial charge in [0, 0.05) is 22.9 Å². The van der Waals surface area contributed by atoms with Crippen LogP contribution in [-0.2, 0) is 0 Å². The number of benzene rings is 1. The summed E-state index contributed by atoms with van der Waals surface area (Å²) >= 11 is 1.56. The van der Waals surface area contributed by atoms with Gasteiger partial charge in [-0.05, 0) is 43.5 Å². The number of anilines is 1. The number of allylic oxidation sites excluding steroid dienone is 2. The van der Waals surface area contributed by atoms with E-state index in [1.54, 1.807) is 30.5 Å². The van der Waals surface area contributed by atoms with E-state index in [0.717, 1.165) is 15.7 Å². The SMILES string of the molecule is C=C(/C=C\c1nc(NC)sc1C)c1c(C)c(F)c(C(C)F)c2[nH]ncc12. The van der Waals surface area contributed by atoms with Crippen molar-refractivity contribution in [2.75, 3.05) is 12.4 Å². The molecule has 0 saturated carbocycles. The van der Waals surface area contributed by atoms with Gasteiger partial charge in [-0.25, -0.2) is 13.8 Å². The number of halogens is 2. The monoisotopic (exact) mass is 374 g/mol. The molecule has 26 heavy (non-hydrogen) atoms. The summed E-state index contributed by atoms with van der Waals surface area (Å²) in [5.74, 6) is -0.566. The van der Waals surface area contributed by atoms with Gasteiger partial charge in [0.15, 0.2) is 5.13 Å². The van der Waals surface area contributed by atoms with Crippen molar-refractivity contribution in [3.05, 3.63) is 51.9 Å². The van der Waals surface area contributed by atoms with Gasteiger partial charge in [0.25, 0.3) is 0 Å². The second kappa shape index (κ2) is 6.99. The minimum Gasteiger partial charge on any atom is -0.365 e. The zero-order chi connectivity index (χ0) is 19.0. The molecule has 3 rings (SSSR count). The largest absolute Gasteiger partial charge is 0.365 e. The Bertz CT molecular complexity index is 1010. The zero-order valence-electron chi connectivity index (χ0n) is 15.1. The molecule has 0 aliphatic heterocycles. The summed E-state index contributed by atoms with van der Waals surface area (Å²) in [7, 11) is 1.82. The van der Waals surface area contributed by atoms with E-state index >= 15 is 0 Å². The van der Waals surface area contributed by atoms with Crippen LogP contribution in [0, 0.1) is 19.7 Å². The van der Waals surface area contributed by atoms with Crippen molar-refractivity contribution in [1.29, 1.82) is 0 Å². The predicted octanol–water partition coefficient (Wildman–Crippen LogP) is 5.57. The Hall–Kier alpha value is -2.54. The van der Waals surface area contributed by atoms with E-state index in [1.807, 2.05) is 20.0 Å². The number of rotatable bonds is 5. The van der Waals surface area contributed by atoms with E-state index in [9.17, 15) is 8.78 Å². The quantitative estimate of drug-likeness (QED) is 0.574. The fraction of sp³-hybridized carbons (Fsp3) is 0.263. The number of fused-ring (bicyclic) bond motifs is 1. The van der Waals surface area contributed by atoms with E-state index in [0.29, 0.717) is 27.6 Å². The van der Waals surface area contributed by atoms with Crippen molar-refractivity contribution in [3.8, 4) is 0 Å². The smallest absolute Gasteiger partial charge is 0.183 e. The second-order valence-corrected chi connectivity index (χ2v) is 7.27. The summed E-state index contributed by atoms with van der Waals surface area (Å²) in [6, 6.07) is 0. The van der Waals surface area contributed by atoms with Crippen molar-refractivity contribution < 1.29 is 8.78 Å². The Kier molecular flexibility index (Phi) is 4.91. The third-order valence-corrected chi connectivity index (χ3v) is 5.33. The molecule has 2 heterocycles. The number of hydrogen-bond donors (Lipinski definition) is 2. The van der Waals surface area contributed by atoms with Crippen molar-refractivity contribution in [1.82, 2.24) is 15.2 Å². The summed E-state index contributed by atoms with van der Waals surface area (Å²) in [4.78, 5) is 5.53. The predicted molar refractivity (Wildman–Crippen MR) is 105 cm³/mol. The van der Waals surface area contributed by atoms with Gasteiger partial charge in [-0.15, -0.1) is 11.3 Å². The number of aromatic amines is 1. The summed E-state index contributed by atoms with van der Waals surface area (Å²) in [6.45, 7) is 9.01. The summed E-state index contributed by atoms with van der Waals surface area (Å²) < 4.78 is 28.7. The molecule has 136 valence electrons. The number of thiazole rings is 1. The minimum absolute atomic E-state index is 0.00420. The Morgan fingerprint density at radius 3 is 2.77 bits per heavy atom. The first-order valence-electron chi connectivity index (χ1n) is 8.16. The van der Waals surface area contributed by atoms with Gasteiger partial charge in [-0.2, -0.15) is 5.10 Å². The van der Waals surface area contributed by atoms with Crippen LogP contribution in [0.1, 0.15) is 40.4 Å². The van der Waals surface area contributed by atoms with Crippen molar-refractivity contribution >= 4 is 39.0 Å². The first-order valence-corrected chi connectivity index (χ1v) is 8.98. The molecule has 4 nitrogen and oxygen atoms in total. The van der Waals surface area contributed by atoms with Crippen LogP contribution in [0.25, 0.3) is 22.6 Å². The van der Waals surface area contributed by atoms with Crippen LogP contribution in [0.5, 0.6) is 0 Å². The van der Waals surface area contributed by atoms with E-state index in [-0.39, 0.29) is 5.56 Å². The third-order valence-electron chi connectivity index (χ3n) is 4.33. The molecule has 1 aromatic carbocycles. The number of hydrogen-bond acceptors (Lipinski definition) is 4. The van der Waals surface area contributed by atoms with Crippen LogP contribution in [-0.4, -0.2) is 22.2 Å². The average Bonchev–Trinajstić information content (AvgIpc) is 3.19. The normalized spacial score (nSPS) is 12.8. The number of nitrogens with one attached hydrogen (secondary N) is 2.